The predicted octanol–water partition coefficient (Wildman–Crippen LogP) is 5.37. The van der Waals surface area contributed by atoms with E-state index < -0.39 is 0 Å². The molecule has 1 amide bonds. The van der Waals surface area contributed by atoms with Crippen LogP contribution in [0.25, 0.3) is 0 Å². The minimum absolute atomic E-state index is 0.136. The van der Waals surface area contributed by atoms with Crippen LogP contribution < -0.4 is 10.1 Å². The fourth-order valence-corrected chi connectivity index (χ4v) is 3.03. The first-order valence-electron chi connectivity index (χ1n) is 8.51. The van der Waals surface area contributed by atoms with E-state index in [0.717, 1.165) is 15.6 Å². The summed E-state index contributed by atoms with van der Waals surface area (Å²) in [6, 6.07) is 24.9. The lowest BCUT2D eigenvalue weighted by molar-refractivity contribution is 0.0942. The van der Waals surface area contributed by atoms with Crippen LogP contribution in [0.15, 0.2) is 83.3 Å². The molecule has 0 aliphatic rings. The molecule has 0 fully saturated rings. The number of halogens is 1. The van der Waals surface area contributed by atoms with Crippen molar-refractivity contribution in [3.63, 3.8) is 0 Å². The molecule has 3 nitrogen and oxygen atoms in total. The molecule has 0 unspecified atom stereocenters. The van der Waals surface area contributed by atoms with Gasteiger partial charge in [-0.15, -0.1) is 0 Å². The highest BCUT2D eigenvalue weighted by Crippen LogP contribution is 2.24. The van der Waals surface area contributed by atoms with Crippen molar-refractivity contribution in [3.05, 3.63) is 100 Å². The van der Waals surface area contributed by atoms with E-state index in [-0.39, 0.29) is 11.9 Å². The number of carbonyl (C=O) groups is 1. The highest BCUT2D eigenvalue weighted by molar-refractivity contribution is 9.10. The van der Waals surface area contributed by atoms with Crippen molar-refractivity contribution in [3.8, 4) is 5.75 Å². The van der Waals surface area contributed by atoms with Crippen LogP contribution in [0.4, 0.5) is 0 Å². The molecule has 132 valence electrons. The number of rotatable bonds is 6. The molecule has 0 aliphatic heterocycles. The van der Waals surface area contributed by atoms with Gasteiger partial charge in [-0.2, -0.15) is 0 Å². The summed E-state index contributed by atoms with van der Waals surface area (Å²) in [5.74, 6) is 0.559. The molecule has 0 bridgehead atoms. The highest BCUT2D eigenvalue weighted by atomic mass is 79.9. The third-order valence-electron chi connectivity index (χ3n) is 4.02. The number of amides is 1. The lowest BCUT2D eigenvalue weighted by atomic mass is 9.98. The molecular formula is C22H20BrNO2. The molecule has 3 aromatic carbocycles. The summed E-state index contributed by atoms with van der Waals surface area (Å²) in [6.07, 6.45) is 0. The summed E-state index contributed by atoms with van der Waals surface area (Å²) in [7, 11) is 0. The number of benzene rings is 3. The summed E-state index contributed by atoms with van der Waals surface area (Å²) in [6.45, 7) is 2.49. The van der Waals surface area contributed by atoms with E-state index in [0.29, 0.717) is 17.9 Å². The summed E-state index contributed by atoms with van der Waals surface area (Å²) < 4.78 is 6.50. The molecule has 3 aromatic rings. The van der Waals surface area contributed by atoms with Crippen LogP contribution in [-0.2, 0) is 0 Å². The van der Waals surface area contributed by atoms with E-state index in [1.165, 1.54) is 0 Å². The molecule has 0 spiro atoms. The van der Waals surface area contributed by atoms with Crippen LogP contribution in [0.1, 0.15) is 34.5 Å². The SMILES string of the molecule is CCOc1cccc(C(=O)N[C@@H](c2ccccc2)c2ccc(Br)cc2)c1. The van der Waals surface area contributed by atoms with E-state index in [1.54, 1.807) is 12.1 Å². The highest BCUT2D eigenvalue weighted by Gasteiger charge is 2.18. The van der Waals surface area contributed by atoms with Crippen molar-refractivity contribution < 1.29 is 9.53 Å². The molecule has 0 saturated carbocycles. The van der Waals surface area contributed by atoms with Gasteiger partial charge in [-0.25, -0.2) is 0 Å². The topological polar surface area (TPSA) is 38.3 Å². The minimum Gasteiger partial charge on any atom is -0.494 e. The molecule has 1 N–H and O–H groups in total. The number of hydrogen-bond acceptors (Lipinski definition) is 2. The standard InChI is InChI=1S/C22H20BrNO2/c1-2-26-20-10-6-9-18(15-20)22(25)24-21(16-7-4-3-5-8-16)17-11-13-19(23)14-12-17/h3-15,21H,2H2,1H3,(H,24,25)/t21-/m0/s1. The first kappa shape index (κ1) is 18.2. The second kappa shape index (κ2) is 8.68. The fraction of sp³-hybridized carbons (Fsp3) is 0.136. The Morgan fingerprint density at radius 1 is 0.962 bits per heavy atom. The van der Waals surface area contributed by atoms with Gasteiger partial charge in [0.25, 0.3) is 5.91 Å². The zero-order chi connectivity index (χ0) is 18.4. The number of nitrogens with one attached hydrogen (secondary N) is 1. The molecule has 0 saturated heterocycles. The van der Waals surface area contributed by atoms with Gasteiger partial charge in [0, 0.05) is 10.0 Å². The van der Waals surface area contributed by atoms with Crippen molar-refractivity contribution in [2.75, 3.05) is 6.61 Å². The van der Waals surface area contributed by atoms with E-state index in [2.05, 4.69) is 21.2 Å². The first-order valence-corrected chi connectivity index (χ1v) is 9.31. The van der Waals surface area contributed by atoms with Gasteiger partial charge in [0.2, 0.25) is 0 Å². The molecule has 1 atom stereocenters. The summed E-state index contributed by atoms with van der Waals surface area (Å²) >= 11 is 3.46. The van der Waals surface area contributed by atoms with Gasteiger partial charge in [-0.3, -0.25) is 4.79 Å². The second-order valence-electron chi connectivity index (χ2n) is 5.83. The lowest BCUT2D eigenvalue weighted by Crippen LogP contribution is -2.29. The second-order valence-corrected chi connectivity index (χ2v) is 6.75. The first-order chi connectivity index (χ1) is 12.7. The molecule has 0 radical (unpaired) electrons. The smallest absolute Gasteiger partial charge is 0.252 e. The van der Waals surface area contributed by atoms with Crippen LogP contribution >= 0.6 is 15.9 Å². The summed E-state index contributed by atoms with van der Waals surface area (Å²) in [4.78, 5) is 12.8. The van der Waals surface area contributed by atoms with Crippen molar-refractivity contribution in [1.29, 1.82) is 0 Å². The zero-order valence-electron chi connectivity index (χ0n) is 14.5. The van der Waals surface area contributed by atoms with Crippen LogP contribution in [0, 0.1) is 0 Å². The quantitative estimate of drug-likeness (QED) is 0.594. The van der Waals surface area contributed by atoms with Crippen LogP contribution in [0.2, 0.25) is 0 Å². The Morgan fingerprint density at radius 2 is 1.65 bits per heavy atom. The van der Waals surface area contributed by atoms with Crippen LogP contribution in [0.5, 0.6) is 5.75 Å². The maximum Gasteiger partial charge on any atom is 0.252 e. The van der Waals surface area contributed by atoms with Crippen LogP contribution in [-0.4, -0.2) is 12.5 Å². The van der Waals surface area contributed by atoms with Gasteiger partial charge in [-0.05, 0) is 48.4 Å². The Bertz CT molecular complexity index is 863. The van der Waals surface area contributed by atoms with Gasteiger partial charge >= 0.3 is 0 Å². The number of ether oxygens (including phenoxy) is 1. The van der Waals surface area contributed by atoms with Crippen molar-refractivity contribution in [2.24, 2.45) is 0 Å². The van der Waals surface area contributed by atoms with E-state index >= 15 is 0 Å². The van der Waals surface area contributed by atoms with E-state index in [4.69, 9.17) is 4.74 Å². The summed E-state index contributed by atoms with van der Waals surface area (Å²) in [5.41, 5.74) is 2.63. The number of hydrogen-bond donors (Lipinski definition) is 1. The van der Waals surface area contributed by atoms with Gasteiger partial charge < -0.3 is 10.1 Å². The average molecular weight is 410 g/mol. The Labute approximate surface area is 162 Å². The number of carbonyl (C=O) groups excluding carboxylic acids is 1. The van der Waals surface area contributed by atoms with Gasteiger partial charge in [0.15, 0.2) is 0 Å². The molecule has 3 rings (SSSR count). The van der Waals surface area contributed by atoms with Crippen LogP contribution in [0.3, 0.4) is 0 Å². The third-order valence-corrected chi connectivity index (χ3v) is 4.55. The average Bonchev–Trinajstić information content (AvgIpc) is 2.68. The maximum absolute atomic E-state index is 12.8. The molecule has 0 aromatic heterocycles. The monoisotopic (exact) mass is 409 g/mol. The molecule has 0 aliphatic carbocycles. The Kier molecular flexibility index (Phi) is 6.08. The summed E-state index contributed by atoms with van der Waals surface area (Å²) in [5, 5.41) is 3.14. The van der Waals surface area contributed by atoms with Gasteiger partial charge in [0.05, 0.1) is 12.6 Å². The largest absolute Gasteiger partial charge is 0.494 e. The molecule has 26 heavy (non-hydrogen) atoms. The van der Waals surface area contributed by atoms with Gasteiger partial charge in [-0.1, -0.05) is 64.5 Å². The van der Waals surface area contributed by atoms with E-state index in [9.17, 15) is 4.79 Å². The molecular weight excluding hydrogens is 390 g/mol. The van der Waals surface area contributed by atoms with Crippen molar-refractivity contribution >= 4 is 21.8 Å². The minimum atomic E-state index is -0.229. The van der Waals surface area contributed by atoms with Gasteiger partial charge in [0.1, 0.15) is 5.75 Å². The predicted molar refractivity (Wildman–Crippen MR) is 108 cm³/mol. The fourth-order valence-electron chi connectivity index (χ4n) is 2.77. The Morgan fingerprint density at radius 3 is 2.35 bits per heavy atom. The third kappa shape index (κ3) is 4.52. The van der Waals surface area contributed by atoms with E-state index in [1.807, 2.05) is 73.7 Å². The lowest BCUT2D eigenvalue weighted by Gasteiger charge is -2.20. The van der Waals surface area contributed by atoms with Crippen molar-refractivity contribution in [1.82, 2.24) is 5.32 Å². The molecule has 4 heteroatoms. The Balaban J connectivity index is 1.89. The molecule has 0 heterocycles. The zero-order valence-corrected chi connectivity index (χ0v) is 16.1. The maximum atomic E-state index is 12.8. The normalized spacial score (nSPS) is 11.6. The Hall–Kier alpha value is -2.59. The van der Waals surface area contributed by atoms with Crippen molar-refractivity contribution in [2.45, 2.75) is 13.0 Å².